The fourth-order valence-corrected chi connectivity index (χ4v) is 7.64. The van der Waals surface area contributed by atoms with E-state index in [0.717, 1.165) is 32.5 Å². The van der Waals surface area contributed by atoms with Crippen molar-refractivity contribution in [3.05, 3.63) is 81.8 Å². The van der Waals surface area contributed by atoms with E-state index in [1.54, 1.807) is 26.2 Å². The van der Waals surface area contributed by atoms with E-state index in [1.807, 2.05) is 18.2 Å². The van der Waals surface area contributed by atoms with E-state index in [4.69, 9.17) is 5.73 Å². The van der Waals surface area contributed by atoms with Crippen molar-refractivity contribution in [1.29, 1.82) is 0 Å². The van der Waals surface area contributed by atoms with E-state index < -0.39 is 58.0 Å². The molecule has 2 aromatic carbocycles. The standard InChI is InChI=1S/C33H38N4O7/c1-36(2)26-21-15-19-14-18-8-9-22(35-20-10-12-37(13-11-20)16-17-6-4-3-5-7-17)27(38)23(18)28(39)24(19)30(41)33(21,44)31(42)25(29(26)40)32(34)43/h3-9,19-21,26,35,38,40-41,44H,10-16H2,1-2H3,(H2,34,43). The predicted octanol–water partition coefficient (Wildman–Crippen LogP) is 2.20. The number of Topliss-reactive ketones (excluding diaryl/α,β-unsaturated/α-hetero) is 2. The number of aliphatic hydroxyl groups is 3. The summed E-state index contributed by atoms with van der Waals surface area (Å²) in [6, 6.07) is 12.9. The van der Waals surface area contributed by atoms with Crippen LogP contribution in [-0.2, 0) is 22.6 Å². The lowest BCUT2D eigenvalue weighted by molar-refractivity contribution is -0.148. The van der Waals surface area contributed by atoms with E-state index in [-0.39, 0.29) is 35.8 Å². The molecule has 6 rings (SSSR count). The summed E-state index contributed by atoms with van der Waals surface area (Å²) < 4.78 is 0. The minimum atomic E-state index is -2.65. The monoisotopic (exact) mass is 602 g/mol. The van der Waals surface area contributed by atoms with Crippen LogP contribution in [0.2, 0.25) is 0 Å². The van der Waals surface area contributed by atoms with Gasteiger partial charge in [-0.25, -0.2) is 0 Å². The van der Waals surface area contributed by atoms with Gasteiger partial charge in [0.05, 0.1) is 17.3 Å². The Morgan fingerprint density at radius 2 is 1.75 bits per heavy atom. The number of nitrogens with two attached hydrogens (primary N) is 1. The van der Waals surface area contributed by atoms with E-state index in [2.05, 4.69) is 22.3 Å². The van der Waals surface area contributed by atoms with Crippen molar-refractivity contribution >= 4 is 23.2 Å². The normalized spacial score (nSPS) is 27.7. The molecular formula is C33H38N4O7. The van der Waals surface area contributed by atoms with Crippen molar-refractivity contribution in [1.82, 2.24) is 9.80 Å². The molecule has 232 valence electrons. The topological polar surface area (TPSA) is 177 Å². The first-order chi connectivity index (χ1) is 20.9. The van der Waals surface area contributed by atoms with Gasteiger partial charge in [0.25, 0.3) is 5.91 Å². The number of primary amides is 1. The van der Waals surface area contributed by atoms with Crippen molar-refractivity contribution in [2.75, 3.05) is 32.5 Å². The minimum Gasteiger partial charge on any atom is -0.510 e. The maximum absolute atomic E-state index is 14.0. The number of piperidine rings is 1. The van der Waals surface area contributed by atoms with Gasteiger partial charge in [-0.05, 0) is 62.9 Å². The number of phenolic OH excluding ortho intramolecular Hbond substituents is 1. The summed E-state index contributed by atoms with van der Waals surface area (Å²) in [5.41, 5.74) is 4.02. The van der Waals surface area contributed by atoms with Crippen LogP contribution in [0.25, 0.3) is 0 Å². The van der Waals surface area contributed by atoms with Crippen LogP contribution in [0.5, 0.6) is 5.75 Å². The maximum atomic E-state index is 14.0. The Morgan fingerprint density at radius 3 is 2.39 bits per heavy atom. The zero-order valence-electron chi connectivity index (χ0n) is 24.8. The van der Waals surface area contributed by atoms with Gasteiger partial charge in [-0.15, -0.1) is 0 Å². The molecule has 0 aromatic heterocycles. The van der Waals surface area contributed by atoms with E-state index >= 15 is 0 Å². The van der Waals surface area contributed by atoms with Crippen LogP contribution >= 0.6 is 0 Å². The van der Waals surface area contributed by atoms with E-state index in [9.17, 15) is 34.8 Å². The number of phenols is 1. The van der Waals surface area contributed by atoms with Crippen LogP contribution < -0.4 is 11.1 Å². The largest absolute Gasteiger partial charge is 0.510 e. The molecule has 1 saturated heterocycles. The number of ketones is 2. The van der Waals surface area contributed by atoms with Crippen LogP contribution in [0.15, 0.2) is 65.1 Å². The number of anilines is 1. The fourth-order valence-electron chi connectivity index (χ4n) is 7.64. The smallest absolute Gasteiger partial charge is 0.255 e. The molecule has 1 heterocycles. The molecular weight excluding hydrogens is 564 g/mol. The van der Waals surface area contributed by atoms with Gasteiger partial charge in [0, 0.05) is 37.2 Å². The van der Waals surface area contributed by atoms with Crippen LogP contribution in [0.3, 0.4) is 0 Å². The number of hydrogen-bond acceptors (Lipinski definition) is 10. The van der Waals surface area contributed by atoms with Gasteiger partial charge in [0.2, 0.25) is 5.78 Å². The van der Waals surface area contributed by atoms with Crippen molar-refractivity contribution in [3.8, 4) is 5.75 Å². The molecule has 11 nitrogen and oxygen atoms in total. The number of aliphatic hydroxyl groups excluding tert-OH is 2. The second kappa shape index (κ2) is 11.1. The quantitative estimate of drug-likeness (QED) is 0.212. The maximum Gasteiger partial charge on any atom is 0.255 e. The van der Waals surface area contributed by atoms with Crippen molar-refractivity contribution in [3.63, 3.8) is 0 Å². The number of hydrogen-bond donors (Lipinski definition) is 6. The van der Waals surface area contributed by atoms with Gasteiger partial charge in [0.15, 0.2) is 11.4 Å². The molecule has 1 aliphatic heterocycles. The van der Waals surface area contributed by atoms with Gasteiger partial charge in [-0.2, -0.15) is 0 Å². The van der Waals surface area contributed by atoms with Gasteiger partial charge >= 0.3 is 0 Å². The second-order valence-electron chi connectivity index (χ2n) is 12.6. The second-order valence-corrected chi connectivity index (χ2v) is 12.6. The molecule has 0 spiro atoms. The van der Waals surface area contributed by atoms with Crippen LogP contribution in [-0.4, -0.2) is 92.6 Å². The van der Waals surface area contributed by atoms with Gasteiger partial charge < -0.3 is 31.5 Å². The lowest BCUT2D eigenvalue weighted by atomic mass is 9.58. The number of fused-ring (bicyclic) bond motifs is 3. The highest BCUT2D eigenvalue weighted by molar-refractivity contribution is 6.24. The van der Waals surface area contributed by atoms with E-state index in [1.165, 1.54) is 10.5 Å². The molecule has 1 fully saturated rings. The number of carbonyl (C=O) groups excluding carboxylic acids is 3. The molecule has 1 amide bonds. The average Bonchev–Trinajstić information content (AvgIpc) is 2.97. The summed E-state index contributed by atoms with van der Waals surface area (Å²) in [4.78, 5) is 43.5. The Bertz CT molecular complexity index is 1590. The summed E-state index contributed by atoms with van der Waals surface area (Å²) in [5, 5.41) is 48.8. The van der Waals surface area contributed by atoms with Gasteiger partial charge in [-0.1, -0.05) is 36.4 Å². The van der Waals surface area contributed by atoms with Crippen LogP contribution in [0.1, 0.15) is 40.7 Å². The molecule has 44 heavy (non-hydrogen) atoms. The van der Waals surface area contributed by atoms with Crippen LogP contribution in [0.4, 0.5) is 5.69 Å². The zero-order chi connectivity index (χ0) is 31.5. The van der Waals surface area contributed by atoms with Crippen molar-refractivity contribution < 1.29 is 34.8 Å². The summed E-state index contributed by atoms with van der Waals surface area (Å²) in [5.74, 6) is -6.50. The number of allylic oxidation sites excluding steroid dienone is 1. The highest BCUT2D eigenvalue weighted by atomic mass is 16.3. The van der Waals surface area contributed by atoms with E-state index in [0.29, 0.717) is 11.3 Å². The molecule has 2 aromatic rings. The first-order valence-corrected chi connectivity index (χ1v) is 15.0. The molecule has 3 aliphatic carbocycles. The molecule has 0 bridgehead atoms. The lowest BCUT2D eigenvalue weighted by Gasteiger charge is -2.50. The zero-order valence-corrected chi connectivity index (χ0v) is 24.8. The molecule has 0 radical (unpaired) electrons. The number of benzene rings is 2. The highest BCUT2D eigenvalue weighted by Crippen LogP contribution is 2.52. The number of amides is 1. The number of rotatable bonds is 6. The summed E-state index contributed by atoms with van der Waals surface area (Å²) in [7, 11) is 3.21. The third-order valence-corrected chi connectivity index (χ3v) is 9.79. The van der Waals surface area contributed by atoms with Gasteiger partial charge in [-0.3, -0.25) is 24.2 Å². The molecule has 0 saturated carbocycles. The number of likely N-dealkylation sites (N-methyl/N-ethyl adjacent to an activating group) is 1. The number of aromatic hydroxyl groups is 1. The molecule has 4 aliphatic rings. The summed E-state index contributed by atoms with van der Waals surface area (Å²) in [6.45, 7) is 2.62. The first kappa shape index (κ1) is 29.9. The Morgan fingerprint density at radius 1 is 1.07 bits per heavy atom. The summed E-state index contributed by atoms with van der Waals surface area (Å²) >= 11 is 0. The summed E-state index contributed by atoms with van der Waals surface area (Å²) in [6.07, 6.45) is 2.02. The van der Waals surface area contributed by atoms with Gasteiger partial charge in [0.1, 0.15) is 22.8 Å². The molecule has 7 N–H and O–H groups in total. The third-order valence-electron chi connectivity index (χ3n) is 9.79. The Labute approximate surface area is 255 Å². The number of nitrogens with zero attached hydrogens (tertiary/aromatic N) is 2. The molecule has 4 unspecified atom stereocenters. The number of likely N-dealkylation sites (tertiary alicyclic amines) is 1. The highest BCUT2D eigenvalue weighted by Gasteiger charge is 2.63. The lowest BCUT2D eigenvalue weighted by Crippen LogP contribution is -2.63. The third kappa shape index (κ3) is 4.66. The Kier molecular flexibility index (Phi) is 7.51. The molecule has 11 heteroatoms. The average molecular weight is 603 g/mol. The Balaban J connectivity index is 1.27. The Hall–Kier alpha value is -4.19. The van der Waals surface area contributed by atoms with Crippen molar-refractivity contribution in [2.45, 2.75) is 49.9 Å². The number of carbonyl (C=O) groups is 3. The van der Waals surface area contributed by atoms with Crippen molar-refractivity contribution in [2.24, 2.45) is 17.6 Å². The first-order valence-electron chi connectivity index (χ1n) is 15.0. The molecule has 4 atom stereocenters. The minimum absolute atomic E-state index is 0.0114. The fraction of sp³-hybridized carbons (Fsp3) is 0.424. The van der Waals surface area contributed by atoms with Crippen LogP contribution in [0, 0.1) is 11.8 Å². The number of nitrogens with one attached hydrogen (secondary N) is 1. The SMILES string of the molecule is CN(C)C1C(O)=C(C(N)=O)C(=O)C2(O)C(O)=C3C(=O)c4c(ccc(NC5CCN(Cc6ccccc6)CC5)c4O)CC3CC12. The predicted molar refractivity (Wildman–Crippen MR) is 162 cm³/mol.